The lowest BCUT2D eigenvalue weighted by Crippen LogP contribution is -2.34. The Hall–Kier alpha value is -3.26. The molecule has 152 valence electrons. The van der Waals surface area contributed by atoms with Gasteiger partial charge in [0.2, 0.25) is 5.43 Å². The first kappa shape index (κ1) is 20.5. The lowest BCUT2D eigenvalue weighted by Gasteiger charge is -2.15. The average molecular weight is 402 g/mol. The van der Waals surface area contributed by atoms with Gasteiger partial charge in [-0.05, 0) is 36.8 Å². The van der Waals surface area contributed by atoms with Gasteiger partial charge in [-0.15, -0.1) is 0 Å². The molecule has 0 spiro atoms. The molecular formula is C21H20F2N2O4. The minimum Gasteiger partial charge on any atom is -0.497 e. The quantitative estimate of drug-likeness (QED) is 0.664. The Morgan fingerprint density at radius 1 is 1.17 bits per heavy atom. The van der Waals surface area contributed by atoms with Crippen molar-refractivity contribution in [2.45, 2.75) is 19.6 Å². The molecule has 1 heterocycles. The number of carbonyl (C=O) groups excluding carboxylic acids is 1. The molecule has 1 amide bonds. The van der Waals surface area contributed by atoms with Crippen LogP contribution < -0.4 is 15.5 Å². The molecule has 6 nitrogen and oxygen atoms in total. The zero-order chi connectivity index (χ0) is 21.1. The number of methoxy groups -OCH3 is 1. The highest BCUT2D eigenvalue weighted by Gasteiger charge is 2.20. The number of ether oxygens (including phenoxy) is 1. The van der Waals surface area contributed by atoms with E-state index in [1.54, 1.807) is 24.3 Å². The predicted molar refractivity (Wildman–Crippen MR) is 104 cm³/mol. The molecule has 1 aromatic heterocycles. The van der Waals surface area contributed by atoms with Crippen LogP contribution in [0.4, 0.5) is 8.78 Å². The van der Waals surface area contributed by atoms with Gasteiger partial charge in [-0.1, -0.05) is 12.1 Å². The van der Waals surface area contributed by atoms with Gasteiger partial charge in [0.1, 0.15) is 22.9 Å². The number of nitrogens with zero attached hydrogens (tertiary/aromatic N) is 1. The van der Waals surface area contributed by atoms with Gasteiger partial charge in [-0.3, -0.25) is 9.59 Å². The van der Waals surface area contributed by atoms with E-state index < -0.39 is 34.5 Å². The number of aliphatic hydroxyl groups is 1. The van der Waals surface area contributed by atoms with Gasteiger partial charge in [-0.2, -0.15) is 0 Å². The molecule has 0 radical (unpaired) electrons. The number of aromatic nitrogens is 1. The van der Waals surface area contributed by atoms with Gasteiger partial charge in [0.15, 0.2) is 0 Å². The predicted octanol–water partition coefficient (Wildman–Crippen LogP) is 2.45. The zero-order valence-electron chi connectivity index (χ0n) is 15.9. The van der Waals surface area contributed by atoms with Crippen molar-refractivity contribution in [3.8, 4) is 5.75 Å². The van der Waals surface area contributed by atoms with E-state index >= 15 is 0 Å². The van der Waals surface area contributed by atoms with E-state index in [1.807, 2.05) is 0 Å². The van der Waals surface area contributed by atoms with Crippen molar-refractivity contribution in [3.63, 3.8) is 0 Å². The molecule has 8 heteroatoms. The topological polar surface area (TPSA) is 80.6 Å². The standard InChI is InChI=1S/C21H20F2N2O4/c1-12(26)9-24-21(28)15-11-25(10-13-3-5-14(29-2)6-4-13)19-17(23)8-7-16(22)18(19)20(15)27/h3-8,11-12,26H,9-10H2,1-2H3,(H,24,28)/t12-/m1/s1. The molecule has 0 aliphatic rings. The average Bonchev–Trinajstić information content (AvgIpc) is 2.70. The number of pyridine rings is 1. The van der Waals surface area contributed by atoms with Crippen LogP contribution in [-0.2, 0) is 6.54 Å². The number of carbonyl (C=O) groups is 1. The minimum absolute atomic E-state index is 0.0829. The van der Waals surface area contributed by atoms with Gasteiger partial charge in [-0.25, -0.2) is 8.78 Å². The number of benzene rings is 2. The van der Waals surface area contributed by atoms with Gasteiger partial charge in [0, 0.05) is 19.3 Å². The van der Waals surface area contributed by atoms with Crippen molar-refractivity contribution in [1.29, 1.82) is 0 Å². The molecule has 0 aliphatic heterocycles. The summed E-state index contributed by atoms with van der Waals surface area (Å²) < 4.78 is 35.4. The number of hydrogen-bond donors (Lipinski definition) is 2. The molecule has 0 saturated carbocycles. The van der Waals surface area contributed by atoms with Crippen LogP contribution in [0.15, 0.2) is 47.4 Å². The molecule has 1 atom stereocenters. The Morgan fingerprint density at radius 2 is 1.83 bits per heavy atom. The van der Waals surface area contributed by atoms with Crippen LogP contribution in [0.5, 0.6) is 5.75 Å². The second-order valence-corrected chi connectivity index (χ2v) is 6.66. The van der Waals surface area contributed by atoms with Crippen LogP contribution in [0.25, 0.3) is 10.9 Å². The van der Waals surface area contributed by atoms with Gasteiger partial charge < -0.3 is 19.7 Å². The highest BCUT2D eigenvalue weighted by Crippen LogP contribution is 2.21. The number of amides is 1. The van der Waals surface area contributed by atoms with E-state index in [2.05, 4.69) is 5.32 Å². The monoisotopic (exact) mass is 402 g/mol. The van der Waals surface area contributed by atoms with Crippen molar-refractivity contribution in [2.24, 2.45) is 0 Å². The number of nitrogens with one attached hydrogen (secondary N) is 1. The van der Waals surface area contributed by atoms with Crippen LogP contribution in [0.1, 0.15) is 22.8 Å². The fraction of sp³-hybridized carbons (Fsp3) is 0.238. The molecule has 3 rings (SSSR count). The smallest absolute Gasteiger partial charge is 0.256 e. The van der Waals surface area contributed by atoms with E-state index in [0.29, 0.717) is 5.75 Å². The Balaban J connectivity index is 2.15. The molecule has 0 aliphatic carbocycles. The molecule has 0 unspecified atom stereocenters. The Kier molecular flexibility index (Phi) is 5.93. The summed E-state index contributed by atoms with van der Waals surface area (Å²) in [7, 11) is 1.53. The van der Waals surface area contributed by atoms with E-state index in [4.69, 9.17) is 4.74 Å². The van der Waals surface area contributed by atoms with Gasteiger partial charge in [0.05, 0.1) is 24.1 Å². The Morgan fingerprint density at radius 3 is 2.45 bits per heavy atom. The number of hydrogen-bond acceptors (Lipinski definition) is 4. The first-order valence-corrected chi connectivity index (χ1v) is 8.92. The minimum atomic E-state index is -0.917. The lowest BCUT2D eigenvalue weighted by atomic mass is 10.1. The normalized spacial score (nSPS) is 12.0. The van der Waals surface area contributed by atoms with Crippen molar-refractivity contribution >= 4 is 16.8 Å². The van der Waals surface area contributed by atoms with E-state index in [0.717, 1.165) is 17.7 Å². The van der Waals surface area contributed by atoms with Crippen LogP contribution in [0, 0.1) is 11.6 Å². The van der Waals surface area contributed by atoms with Crippen LogP contribution in [0.3, 0.4) is 0 Å². The molecule has 29 heavy (non-hydrogen) atoms. The maximum Gasteiger partial charge on any atom is 0.256 e. The van der Waals surface area contributed by atoms with Crippen molar-refractivity contribution in [2.75, 3.05) is 13.7 Å². The van der Waals surface area contributed by atoms with Crippen LogP contribution in [-0.4, -0.2) is 35.3 Å². The molecule has 0 saturated heterocycles. The second-order valence-electron chi connectivity index (χ2n) is 6.66. The maximum absolute atomic E-state index is 14.5. The number of aliphatic hydroxyl groups excluding tert-OH is 1. The first-order chi connectivity index (χ1) is 13.8. The number of rotatable bonds is 6. The summed E-state index contributed by atoms with van der Waals surface area (Å²) in [6.45, 7) is 1.48. The molecule has 0 fully saturated rings. The van der Waals surface area contributed by atoms with E-state index in [1.165, 1.54) is 24.8 Å². The van der Waals surface area contributed by atoms with Crippen LogP contribution >= 0.6 is 0 Å². The highest BCUT2D eigenvalue weighted by molar-refractivity contribution is 5.97. The van der Waals surface area contributed by atoms with Crippen molar-refractivity contribution < 1.29 is 23.4 Å². The summed E-state index contributed by atoms with van der Waals surface area (Å²) in [5, 5.41) is 11.3. The first-order valence-electron chi connectivity index (χ1n) is 8.92. The zero-order valence-corrected chi connectivity index (χ0v) is 15.9. The lowest BCUT2D eigenvalue weighted by molar-refractivity contribution is 0.0922. The fourth-order valence-corrected chi connectivity index (χ4v) is 3.00. The Labute approximate surface area is 165 Å². The molecule has 0 bridgehead atoms. The third-order valence-electron chi connectivity index (χ3n) is 4.44. The van der Waals surface area contributed by atoms with Crippen molar-refractivity contribution in [3.05, 3.63) is 75.6 Å². The fourth-order valence-electron chi connectivity index (χ4n) is 3.00. The summed E-state index contributed by atoms with van der Waals surface area (Å²) >= 11 is 0. The van der Waals surface area contributed by atoms with Gasteiger partial charge >= 0.3 is 0 Å². The summed E-state index contributed by atoms with van der Waals surface area (Å²) in [5.74, 6) is -1.83. The SMILES string of the molecule is COc1ccc(Cn2cc(C(=O)NC[C@@H](C)O)c(=O)c3c(F)ccc(F)c32)cc1. The maximum atomic E-state index is 14.5. The summed E-state index contributed by atoms with van der Waals surface area (Å²) in [5.41, 5.74) is -0.741. The summed E-state index contributed by atoms with van der Waals surface area (Å²) in [6, 6.07) is 8.71. The Bertz CT molecular complexity index is 1110. The molecular weight excluding hydrogens is 382 g/mol. The van der Waals surface area contributed by atoms with E-state index in [9.17, 15) is 23.5 Å². The van der Waals surface area contributed by atoms with E-state index in [-0.39, 0.29) is 24.2 Å². The largest absolute Gasteiger partial charge is 0.497 e. The second kappa shape index (κ2) is 8.40. The third kappa shape index (κ3) is 4.27. The molecule has 2 N–H and O–H groups in total. The van der Waals surface area contributed by atoms with Crippen molar-refractivity contribution in [1.82, 2.24) is 9.88 Å². The molecule has 2 aromatic carbocycles. The summed E-state index contributed by atoms with van der Waals surface area (Å²) in [6.07, 6.45) is 0.379. The highest BCUT2D eigenvalue weighted by atomic mass is 19.1. The third-order valence-corrected chi connectivity index (χ3v) is 4.44. The number of halogens is 2. The number of fused-ring (bicyclic) bond motifs is 1. The van der Waals surface area contributed by atoms with Crippen LogP contribution in [0.2, 0.25) is 0 Å². The molecule has 3 aromatic rings. The summed E-state index contributed by atoms with van der Waals surface area (Å²) in [4.78, 5) is 25.1. The van der Waals surface area contributed by atoms with Gasteiger partial charge in [0.25, 0.3) is 5.91 Å².